The van der Waals surface area contributed by atoms with Gasteiger partial charge in [-0.2, -0.15) is 13.2 Å². The molecule has 1 amide bonds. The van der Waals surface area contributed by atoms with Crippen LogP contribution >= 0.6 is 0 Å². The minimum absolute atomic E-state index is 0.00293. The van der Waals surface area contributed by atoms with Gasteiger partial charge < -0.3 is 15.5 Å². The Labute approximate surface area is 169 Å². The fraction of sp³-hybridized carbons (Fsp3) is 0.864. The highest BCUT2D eigenvalue weighted by atomic mass is 19.4. The van der Waals surface area contributed by atoms with Crippen LogP contribution in [0.2, 0.25) is 0 Å². The molecule has 9 atom stereocenters. The first-order valence-corrected chi connectivity index (χ1v) is 10.8. The van der Waals surface area contributed by atoms with E-state index in [1.54, 1.807) is 0 Å². The van der Waals surface area contributed by atoms with E-state index in [2.05, 4.69) is 25.7 Å². The average molecular weight is 415 g/mol. The lowest BCUT2D eigenvalue weighted by atomic mass is 9.43. The van der Waals surface area contributed by atoms with Gasteiger partial charge in [-0.05, 0) is 79.4 Å². The van der Waals surface area contributed by atoms with Crippen LogP contribution < -0.4 is 5.32 Å². The van der Waals surface area contributed by atoms with Crippen molar-refractivity contribution in [3.63, 3.8) is 0 Å². The van der Waals surface area contributed by atoms with Crippen LogP contribution in [0.1, 0.15) is 58.8 Å². The Morgan fingerprint density at radius 3 is 2.41 bits per heavy atom. The van der Waals surface area contributed by atoms with Gasteiger partial charge in [0, 0.05) is 6.04 Å². The molecule has 4 fully saturated rings. The van der Waals surface area contributed by atoms with E-state index >= 15 is 0 Å². The molecule has 0 saturated heterocycles. The van der Waals surface area contributed by atoms with E-state index in [1.165, 1.54) is 5.57 Å². The monoisotopic (exact) mass is 415 g/mol. The summed E-state index contributed by atoms with van der Waals surface area (Å²) < 4.78 is 38.0. The number of aliphatic hydroxyl groups is 2. The molecule has 0 spiro atoms. The number of rotatable bonds is 1. The van der Waals surface area contributed by atoms with Gasteiger partial charge in [0.2, 0.25) is 0 Å². The molecule has 3 N–H and O–H groups in total. The molecule has 0 radical (unpaired) electrons. The molecular formula is C22H32F3NO3. The number of fused-ring (bicyclic) bond motifs is 5. The second-order valence-corrected chi connectivity index (χ2v) is 10.4. The topological polar surface area (TPSA) is 69.6 Å². The molecule has 29 heavy (non-hydrogen) atoms. The Hall–Kier alpha value is -1.08. The number of halogens is 3. The standard InChI is InChI=1S/C22H32F3NO3/c1-11-4-5-13-16-14(7-9-20(11,13)2)21(3)8-6-12(26-19(29)22(23,24)25)10-15(21)17(27)18(16)28/h12-18,27-28H,1,4-10H2,2-3H3,(H,26,29)/t12-,13-,14-,15?,16?,17+,18?,20+,21+/m0/s1. The molecule has 0 bridgehead atoms. The summed E-state index contributed by atoms with van der Waals surface area (Å²) in [6.45, 7) is 8.65. The van der Waals surface area contributed by atoms with Crippen molar-refractivity contribution < 1.29 is 28.2 Å². The van der Waals surface area contributed by atoms with Crippen LogP contribution in [0.3, 0.4) is 0 Å². The number of allylic oxidation sites excluding steroid dienone is 1. The van der Waals surface area contributed by atoms with Gasteiger partial charge in [0.05, 0.1) is 12.2 Å². The lowest BCUT2D eigenvalue weighted by molar-refractivity contribution is -0.212. The first-order chi connectivity index (χ1) is 13.4. The Morgan fingerprint density at radius 2 is 1.76 bits per heavy atom. The van der Waals surface area contributed by atoms with Crippen molar-refractivity contribution in [1.29, 1.82) is 0 Å². The van der Waals surface area contributed by atoms with Crippen molar-refractivity contribution in [1.82, 2.24) is 5.32 Å². The maximum absolute atomic E-state index is 12.7. The minimum atomic E-state index is -4.91. The van der Waals surface area contributed by atoms with E-state index in [4.69, 9.17) is 0 Å². The number of amides is 1. The SMILES string of the molecule is C=C1CC[C@H]2C3C(O)[C@H](O)C4C[C@@H](NC(=O)C(F)(F)F)CC[C@]4(C)[C@H]3CC[C@]12C. The van der Waals surface area contributed by atoms with E-state index < -0.39 is 30.3 Å². The number of carbonyl (C=O) groups is 1. The van der Waals surface area contributed by atoms with Gasteiger partial charge in [0.1, 0.15) is 0 Å². The second kappa shape index (κ2) is 6.71. The summed E-state index contributed by atoms with van der Waals surface area (Å²) in [6, 6.07) is -0.624. The molecule has 7 heteroatoms. The lowest BCUT2D eigenvalue weighted by Gasteiger charge is -2.63. The third-order valence-corrected chi connectivity index (χ3v) is 9.30. The number of carbonyl (C=O) groups excluding carboxylic acids is 1. The van der Waals surface area contributed by atoms with Crippen LogP contribution in [0.15, 0.2) is 12.2 Å². The Morgan fingerprint density at radius 1 is 1.07 bits per heavy atom. The fourth-order valence-corrected chi connectivity index (χ4v) is 7.57. The Kier molecular flexibility index (Phi) is 4.90. The first-order valence-electron chi connectivity index (χ1n) is 10.8. The van der Waals surface area contributed by atoms with E-state index in [9.17, 15) is 28.2 Å². The van der Waals surface area contributed by atoms with Crippen LogP contribution in [0, 0.1) is 34.5 Å². The van der Waals surface area contributed by atoms with Gasteiger partial charge in [-0.3, -0.25) is 4.79 Å². The summed E-state index contributed by atoms with van der Waals surface area (Å²) in [5, 5.41) is 24.3. The zero-order valence-electron chi connectivity index (χ0n) is 17.1. The van der Waals surface area contributed by atoms with E-state index in [1.807, 2.05) is 0 Å². The van der Waals surface area contributed by atoms with Crippen molar-refractivity contribution in [3.8, 4) is 0 Å². The molecule has 0 aromatic carbocycles. The van der Waals surface area contributed by atoms with Gasteiger partial charge in [-0.25, -0.2) is 0 Å². The van der Waals surface area contributed by atoms with Gasteiger partial charge in [-0.1, -0.05) is 26.0 Å². The van der Waals surface area contributed by atoms with Crippen LogP contribution in [0.4, 0.5) is 13.2 Å². The van der Waals surface area contributed by atoms with Crippen LogP contribution in [-0.2, 0) is 4.79 Å². The first kappa shape index (κ1) is 21.2. The zero-order valence-corrected chi connectivity index (χ0v) is 17.1. The molecule has 4 nitrogen and oxygen atoms in total. The molecule has 0 aromatic heterocycles. The highest BCUT2D eigenvalue weighted by Gasteiger charge is 2.64. The molecule has 0 aromatic rings. The molecule has 4 aliphatic carbocycles. The van der Waals surface area contributed by atoms with Crippen molar-refractivity contribution in [2.45, 2.75) is 83.2 Å². The molecule has 0 heterocycles. The maximum atomic E-state index is 12.7. The Bertz CT molecular complexity index is 710. The van der Waals surface area contributed by atoms with Gasteiger partial charge in [-0.15, -0.1) is 0 Å². The van der Waals surface area contributed by atoms with Crippen LogP contribution in [-0.4, -0.2) is 40.5 Å². The average Bonchev–Trinajstić information content (AvgIpc) is 2.94. The minimum Gasteiger partial charge on any atom is -0.390 e. The summed E-state index contributed by atoms with van der Waals surface area (Å²) in [5.41, 5.74) is 1.00. The molecule has 4 rings (SSSR count). The lowest BCUT2D eigenvalue weighted by Crippen LogP contribution is -2.64. The summed E-state index contributed by atoms with van der Waals surface area (Å²) in [4.78, 5) is 11.4. The smallest absolute Gasteiger partial charge is 0.390 e. The number of aliphatic hydroxyl groups excluding tert-OH is 2. The van der Waals surface area contributed by atoms with Gasteiger partial charge in [0.15, 0.2) is 0 Å². The van der Waals surface area contributed by atoms with E-state index in [0.717, 1.165) is 25.7 Å². The quantitative estimate of drug-likeness (QED) is 0.574. The predicted octanol–water partition coefficient (Wildman–Crippen LogP) is 3.57. The fourth-order valence-electron chi connectivity index (χ4n) is 7.57. The highest BCUT2D eigenvalue weighted by Crippen LogP contribution is 2.67. The predicted molar refractivity (Wildman–Crippen MR) is 102 cm³/mol. The third kappa shape index (κ3) is 3.06. The molecule has 4 aliphatic rings. The highest BCUT2D eigenvalue weighted by molar-refractivity contribution is 5.81. The number of nitrogens with one attached hydrogen (secondary N) is 1. The third-order valence-electron chi connectivity index (χ3n) is 9.30. The van der Waals surface area contributed by atoms with Crippen LogP contribution in [0.25, 0.3) is 0 Å². The molecule has 4 saturated carbocycles. The molecular weight excluding hydrogens is 383 g/mol. The van der Waals surface area contributed by atoms with Crippen molar-refractivity contribution in [2.24, 2.45) is 34.5 Å². The summed E-state index contributed by atoms with van der Waals surface area (Å²) in [7, 11) is 0. The van der Waals surface area contributed by atoms with Crippen molar-refractivity contribution >= 4 is 5.91 Å². The number of hydrogen-bond donors (Lipinski definition) is 3. The van der Waals surface area contributed by atoms with Crippen molar-refractivity contribution in [3.05, 3.63) is 12.2 Å². The van der Waals surface area contributed by atoms with E-state index in [-0.39, 0.29) is 35.0 Å². The summed E-state index contributed by atoms with van der Waals surface area (Å²) >= 11 is 0. The van der Waals surface area contributed by atoms with Crippen LogP contribution in [0.5, 0.6) is 0 Å². The van der Waals surface area contributed by atoms with Gasteiger partial charge in [0.25, 0.3) is 0 Å². The normalized spacial score (nSPS) is 49.8. The van der Waals surface area contributed by atoms with Gasteiger partial charge >= 0.3 is 12.1 Å². The number of hydrogen-bond acceptors (Lipinski definition) is 3. The summed E-state index contributed by atoms with van der Waals surface area (Å²) in [6.07, 6.45) is -1.50. The zero-order chi connectivity index (χ0) is 21.4. The molecule has 164 valence electrons. The molecule has 3 unspecified atom stereocenters. The largest absolute Gasteiger partial charge is 0.471 e. The molecule has 0 aliphatic heterocycles. The summed E-state index contributed by atoms with van der Waals surface area (Å²) in [5.74, 6) is -1.73. The number of alkyl halides is 3. The maximum Gasteiger partial charge on any atom is 0.471 e. The van der Waals surface area contributed by atoms with E-state index in [0.29, 0.717) is 18.8 Å². The Balaban J connectivity index is 1.58. The van der Waals surface area contributed by atoms with Crippen molar-refractivity contribution in [2.75, 3.05) is 0 Å². The second-order valence-electron chi connectivity index (χ2n) is 10.4.